The van der Waals surface area contributed by atoms with Crippen molar-refractivity contribution < 1.29 is 9.47 Å². The van der Waals surface area contributed by atoms with Crippen LogP contribution in [-0.4, -0.2) is 77.0 Å². The van der Waals surface area contributed by atoms with E-state index in [9.17, 15) is 0 Å². The number of fused-ring (bicyclic) bond motifs is 2. The van der Waals surface area contributed by atoms with Crippen LogP contribution in [0.25, 0.3) is 33.5 Å². The van der Waals surface area contributed by atoms with E-state index in [1.165, 1.54) is 0 Å². The van der Waals surface area contributed by atoms with Crippen molar-refractivity contribution in [3.05, 3.63) is 30.5 Å². The highest BCUT2D eigenvalue weighted by molar-refractivity contribution is 5.96. The minimum absolute atomic E-state index is 0.218. The molecular formula is C22H25N7O2. The second-order valence-corrected chi connectivity index (χ2v) is 8.09. The molecule has 1 unspecified atom stereocenters. The van der Waals surface area contributed by atoms with Gasteiger partial charge in [0, 0.05) is 42.3 Å². The minimum atomic E-state index is 0.218. The molecular weight excluding hydrogens is 394 g/mol. The average molecular weight is 419 g/mol. The number of ether oxygens (including phenoxy) is 2. The fourth-order valence-corrected chi connectivity index (χ4v) is 4.45. The summed E-state index contributed by atoms with van der Waals surface area (Å²) in [7, 11) is 0. The zero-order valence-electron chi connectivity index (χ0n) is 17.5. The number of imidazole rings is 1. The van der Waals surface area contributed by atoms with Crippen molar-refractivity contribution >= 4 is 33.8 Å². The molecule has 31 heavy (non-hydrogen) atoms. The number of H-pyrrole nitrogens is 2. The van der Waals surface area contributed by atoms with Crippen LogP contribution >= 0.6 is 0 Å². The maximum absolute atomic E-state index is 5.61. The molecule has 0 radical (unpaired) electrons. The molecule has 1 atom stereocenters. The number of benzene rings is 1. The summed E-state index contributed by atoms with van der Waals surface area (Å²) in [6.07, 6.45) is 1.95. The van der Waals surface area contributed by atoms with Crippen molar-refractivity contribution in [3.8, 4) is 11.4 Å². The molecule has 2 aliphatic heterocycles. The summed E-state index contributed by atoms with van der Waals surface area (Å²) < 4.78 is 11.2. The molecule has 0 spiro atoms. The Kier molecular flexibility index (Phi) is 4.50. The molecule has 2 saturated heterocycles. The SMILES string of the molecule is CC1COCCN1c1nc(N2CCOCC2)c2[nH]c(-c3cccc4[nH]ccc34)nc2n1. The predicted molar refractivity (Wildman–Crippen MR) is 120 cm³/mol. The first-order valence-electron chi connectivity index (χ1n) is 10.8. The van der Waals surface area contributed by atoms with E-state index in [0.717, 1.165) is 53.3 Å². The summed E-state index contributed by atoms with van der Waals surface area (Å²) in [5.41, 5.74) is 3.69. The van der Waals surface area contributed by atoms with Crippen LogP contribution in [0, 0.1) is 0 Å². The highest BCUT2D eigenvalue weighted by Crippen LogP contribution is 2.32. The van der Waals surface area contributed by atoms with Gasteiger partial charge in [0.25, 0.3) is 0 Å². The van der Waals surface area contributed by atoms with Crippen molar-refractivity contribution in [1.82, 2.24) is 24.9 Å². The zero-order chi connectivity index (χ0) is 20.8. The van der Waals surface area contributed by atoms with Crippen molar-refractivity contribution in [2.24, 2.45) is 0 Å². The number of anilines is 2. The molecule has 6 rings (SSSR count). The largest absolute Gasteiger partial charge is 0.378 e. The molecule has 0 amide bonds. The fraction of sp³-hybridized carbons (Fsp3) is 0.409. The molecule has 2 aliphatic rings. The third kappa shape index (κ3) is 3.21. The Hall–Kier alpha value is -3.17. The van der Waals surface area contributed by atoms with Gasteiger partial charge in [-0.3, -0.25) is 0 Å². The van der Waals surface area contributed by atoms with Gasteiger partial charge in [0.1, 0.15) is 11.3 Å². The first-order chi connectivity index (χ1) is 15.3. The van der Waals surface area contributed by atoms with Crippen LogP contribution < -0.4 is 9.80 Å². The summed E-state index contributed by atoms with van der Waals surface area (Å²) in [6, 6.07) is 8.49. The van der Waals surface area contributed by atoms with E-state index < -0.39 is 0 Å². The van der Waals surface area contributed by atoms with Gasteiger partial charge in [-0.2, -0.15) is 9.97 Å². The van der Waals surface area contributed by atoms with Gasteiger partial charge in [-0.25, -0.2) is 4.98 Å². The van der Waals surface area contributed by atoms with Crippen molar-refractivity contribution in [2.45, 2.75) is 13.0 Å². The third-order valence-corrected chi connectivity index (χ3v) is 6.11. The molecule has 0 bridgehead atoms. The molecule has 1 aromatic carbocycles. The number of nitrogens with zero attached hydrogens (tertiary/aromatic N) is 5. The number of hydrogen-bond donors (Lipinski definition) is 2. The Bertz CT molecular complexity index is 1230. The number of aromatic nitrogens is 5. The lowest BCUT2D eigenvalue weighted by Crippen LogP contribution is -2.45. The van der Waals surface area contributed by atoms with Crippen molar-refractivity contribution in [1.29, 1.82) is 0 Å². The standard InChI is InChI=1S/C22H25N7O2/c1-14-13-31-12-9-29(14)22-26-20-18(21(27-22)28-7-10-30-11-8-28)24-19(25-20)16-3-2-4-17-15(16)5-6-23-17/h2-6,14,23H,7-13H2,1H3,(H,24,25,26,27). The molecule has 0 saturated carbocycles. The van der Waals surface area contributed by atoms with Crippen LogP contribution in [0.2, 0.25) is 0 Å². The van der Waals surface area contributed by atoms with Gasteiger partial charge in [0.15, 0.2) is 11.5 Å². The van der Waals surface area contributed by atoms with Gasteiger partial charge in [-0.05, 0) is 19.1 Å². The van der Waals surface area contributed by atoms with Gasteiger partial charge in [0.2, 0.25) is 5.95 Å². The summed E-state index contributed by atoms with van der Waals surface area (Å²) in [6.45, 7) is 7.25. The normalized spacial score (nSPS) is 20.1. The van der Waals surface area contributed by atoms with E-state index in [-0.39, 0.29) is 6.04 Å². The van der Waals surface area contributed by atoms with Gasteiger partial charge in [-0.1, -0.05) is 12.1 Å². The molecule has 4 aromatic rings. The van der Waals surface area contributed by atoms with Crippen LogP contribution in [0.15, 0.2) is 30.5 Å². The molecule has 0 aliphatic carbocycles. The van der Waals surface area contributed by atoms with E-state index in [1.54, 1.807) is 0 Å². The molecule has 9 heteroatoms. The highest BCUT2D eigenvalue weighted by atomic mass is 16.5. The highest BCUT2D eigenvalue weighted by Gasteiger charge is 2.26. The Morgan fingerprint density at radius 1 is 1.00 bits per heavy atom. The van der Waals surface area contributed by atoms with Gasteiger partial charge >= 0.3 is 0 Å². The van der Waals surface area contributed by atoms with Gasteiger partial charge in [-0.15, -0.1) is 0 Å². The van der Waals surface area contributed by atoms with Crippen molar-refractivity contribution in [3.63, 3.8) is 0 Å². The Balaban J connectivity index is 1.52. The first kappa shape index (κ1) is 18.6. The van der Waals surface area contributed by atoms with Crippen molar-refractivity contribution in [2.75, 3.05) is 55.9 Å². The molecule has 160 valence electrons. The predicted octanol–water partition coefficient (Wildman–Crippen LogP) is 2.56. The molecule has 9 nitrogen and oxygen atoms in total. The number of aromatic amines is 2. The summed E-state index contributed by atoms with van der Waals surface area (Å²) in [5, 5.41) is 1.13. The monoisotopic (exact) mass is 419 g/mol. The lowest BCUT2D eigenvalue weighted by atomic mass is 10.1. The zero-order valence-corrected chi connectivity index (χ0v) is 17.5. The smallest absolute Gasteiger partial charge is 0.229 e. The van der Waals surface area contributed by atoms with Crippen LogP contribution in [0.4, 0.5) is 11.8 Å². The maximum Gasteiger partial charge on any atom is 0.229 e. The Morgan fingerprint density at radius 3 is 2.74 bits per heavy atom. The lowest BCUT2D eigenvalue weighted by molar-refractivity contribution is 0.0981. The minimum Gasteiger partial charge on any atom is -0.378 e. The number of nitrogens with one attached hydrogen (secondary N) is 2. The van der Waals surface area contributed by atoms with E-state index in [4.69, 9.17) is 24.4 Å². The van der Waals surface area contributed by atoms with E-state index >= 15 is 0 Å². The average Bonchev–Trinajstić information content (AvgIpc) is 3.46. The van der Waals surface area contributed by atoms with Crippen LogP contribution in [0.1, 0.15) is 6.92 Å². The van der Waals surface area contributed by atoms with Crippen LogP contribution in [0.5, 0.6) is 0 Å². The van der Waals surface area contributed by atoms with E-state index in [1.807, 2.05) is 12.3 Å². The summed E-state index contributed by atoms with van der Waals surface area (Å²) in [5.74, 6) is 2.40. The topological polar surface area (TPSA) is 95.2 Å². The van der Waals surface area contributed by atoms with E-state index in [2.05, 4.69) is 44.9 Å². The second kappa shape index (κ2) is 7.51. The molecule has 3 aromatic heterocycles. The number of rotatable bonds is 3. The van der Waals surface area contributed by atoms with E-state index in [0.29, 0.717) is 38.0 Å². The van der Waals surface area contributed by atoms with Crippen LogP contribution in [0.3, 0.4) is 0 Å². The number of hydrogen-bond acceptors (Lipinski definition) is 7. The summed E-state index contributed by atoms with van der Waals surface area (Å²) >= 11 is 0. The quantitative estimate of drug-likeness (QED) is 0.527. The van der Waals surface area contributed by atoms with Gasteiger partial charge in [0.05, 0.1) is 32.5 Å². The number of morpholine rings is 2. The Labute approximate surface area is 179 Å². The fourth-order valence-electron chi connectivity index (χ4n) is 4.45. The first-order valence-corrected chi connectivity index (χ1v) is 10.8. The third-order valence-electron chi connectivity index (χ3n) is 6.11. The molecule has 2 fully saturated rings. The Morgan fingerprint density at radius 2 is 1.87 bits per heavy atom. The second-order valence-electron chi connectivity index (χ2n) is 8.09. The lowest BCUT2D eigenvalue weighted by Gasteiger charge is -2.34. The van der Waals surface area contributed by atoms with Gasteiger partial charge < -0.3 is 29.2 Å². The molecule has 5 heterocycles. The maximum atomic E-state index is 5.61. The van der Waals surface area contributed by atoms with Crippen LogP contribution in [-0.2, 0) is 9.47 Å². The summed E-state index contributed by atoms with van der Waals surface area (Å²) in [4.78, 5) is 26.1. The molecule has 2 N–H and O–H groups in total.